The van der Waals surface area contributed by atoms with E-state index in [-0.39, 0.29) is 11.5 Å². The van der Waals surface area contributed by atoms with E-state index in [4.69, 9.17) is 0 Å². The van der Waals surface area contributed by atoms with Crippen LogP contribution in [0.1, 0.15) is 18.4 Å². The molecule has 0 aromatic heterocycles. The standard InChI is InChI=1S/C13H14F2N2O/c14-11-4-3-5-12(15)10(11)6-7-13(18)17-9-2-1-8-16-17/h3-7,16H,1-2,8-9H2. The van der Waals surface area contributed by atoms with Gasteiger partial charge in [-0.05, 0) is 31.1 Å². The van der Waals surface area contributed by atoms with Crippen molar-refractivity contribution in [2.45, 2.75) is 12.8 Å². The van der Waals surface area contributed by atoms with Crippen LogP contribution in [0.4, 0.5) is 8.78 Å². The molecular formula is C13H14F2N2O. The summed E-state index contributed by atoms with van der Waals surface area (Å²) in [6.07, 6.45) is 4.30. The zero-order chi connectivity index (χ0) is 13.0. The summed E-state index contributed by atoms with van der Waals surface area (Å²) in [6.45, 7) is 1.36. The average molecular weight is 252 g/mol. The molecule has 1 aromatic carbocycles. The van der Waals surface area contributed by atoms with Gasteiger partial charge in [0.2, 0.25) is 0 Å². The van der Waals surface area contributed by atoms with Gasteiger partial charge in [0, 0.05) is 24.7 Å². The van der Waals surface area contributed by atoms with Crippen molar-refractivity contribution in [3.8, 4) is 0 Å². The fourth-order valence-electron chi connectivity index (χ4n) is 1.79. The highest BCUT2D eigenvalue weighted by atomic mass is 19.1. The van der Waals surface area contributed by atoms with Gasteiger partial charge in [-0.15, -0.1) is 0 Å². The first-order valence-electron chi connectivity index (χ1n) is 5.85. The Morgan fingerprint density at radius 1 is 1.28 bits per heavy atom. The highest BCUT2D eigenvalue weighted by Crippen LogP contribution is 2.14. The molecule has 1 saturated heterocycles. The Morgan fingerprint density at radius 3 is 2.61 bits per heavy atom. The number of nitrogens with zero attached hydrogens (tertiary/aromatic N) is 1. The van der Waals surface area contributed by atoms with Crippen LogP contribution in [0, 0.1) is 11.6 Å². The normalized spacial score (nSPS) is 16.2. The van der Waals surface area contributed by atoms with Crippen molar-refractivity contribution in [1.29, 1.82) is 0 Å². The smallest absolute Gasteiger partial charge is 0.260 e. The third-order valence-electron chi connectivity index (χ3n) is 2.77. The molecule has 2 rings (SSSR count). The van der Waals surface area contributed by atoms with E-state index in [9.17, 15) is 13.6 Å². The van der Waals surface area contributed by atoms with Crippen molar-refractivity contribution in [1.82, 2.24) is 10.4 Å². The summed E-state index contributed by atoms with van der Waals surface area (Å²) in [6, 6.07) is 3.61. The monoisotopic (exact) mass is 252 g/mol. The summed E-state index contributed by atoms with van der Waals surface area (Å²) in [5.74, 6) is -1.64. The second kappa shape index (κ2) is 5.73. The Morgan fingerprint density at radius 2 is 2.00 bits per heavy atom. The molecule has 0 aliphatic carbocycles. The van der Waals surface area contributed by atoms with Crippen molar-refractivity contribution < 1.29 is 13.6 Å². The lowest BCUT2D eigenvalue weighted by Gasteiger charge is -2.26. The van der Waals surface area contributed by atoms with E-state index < -0.39 is 11.6 Å². The van der Waals surface area contributed by atoms with E-state index in [1.165, 1.54) is 23.2 Å². The van der Waals surface area contributed by atoms with Crippen molar-refractivity contribution >= 4 is 12.0 Å². The molecule has 1 heterocycles. The van der Waals surface area contributed by atoms with Crippen LogP contribution in [0.2, 0.25) is 0 Å². The van der Waals surface area contributed by atoms with E-state index in [0.717, 1.165) is 31.5 Å². The maximum Gasteiger partial charge on any atom is 0.260 e. The fraction of sp³-hybridized carbons (Fsp3) is 0.308. The molecule has 1 fully saturated rings. The molecule has 1 amide bonds. The Kier molecular flexibility index (Phi) is 4.04. The number of hydrazine groups is 1. The average Bonchev–Trinajstić information content (AvgIpc) is 2.39. The summed E-state index contributed by atoms with van der Waals surface area (Å²) < 4.78 is 26.6. The van der Waals surface area contributed by atoms with E-state index in [2.05, 4.69) is 5.43 Å². The van der Waals surface area contributed by atoms with Crippen LogP contribution in [0.3, 0.4) is 0 Å². The molecule has 1 aliphatic heterocycles. The summed E-state index contributed by atoms with van der Waals surface area (Å²) in [5.41, 5.74) is 2.74. The maximum absolute atomic E-state index is 13.3. The molecule has 18 heavy (non-hydrogen) atoms. The zero-order valence-corrected chi connectivity index (χ0v) is 9.83. The summed E-state index contributed by atoms with van der Waals surface area (Å²) in [5, 5.41) is 1.46. The SMILES string of the molecule is O=C(C=Cc1c(F)cccc1F)N1CCCCN1. The zero-order valence-electron chi connectivity index (χ0n) is 9.83. The fourth-order valence-corrected chi connectivity index (χ4v) is 1.79. The van der Waals surface area contributed by atoms with Crippen LogP contribution in [0.15, 0.2) is 24.3 Å². The van der Waals surface area contributed by atoms with E-state index in [1.54, 1.807) is 0 Å². The summed E-state index contributed by atoms with van der Waals surface area (Å²) in [7, 11) is 0. The first kappa shape index (κ1) is 12.7. The minimum atomic E-state index is -0.675. The van der Waals surface area contributed by atoms with Gasteiger partial charge in [-0.3, -0.25) is 9.80 Å². The number of rotatable bonds is 2. The lowest BCUT2D eigenvalue weighted by Crippen LogP contribution is -2.46. The number of hydrogen-bond donors (Lipinski definition) is 1. The van der Waals surface area contributed by atoms with Gasteiger partial charge in [0.25, 0.3) is 5.91 Å². The number of hydrogen-bond acceptors (Lipinski definition) is 2. The predicted octanol–water partition coefficient (Wildman–Crippen LogP) is 2.10. The van der Waals surface area contributed by atoms with Crippen molar-refractivity contribution in [3.63, 3.8) is 0 Å². The van der Waals surface area contributed by atoms with Crippen LogP contribution in [0.5, 0.6) is 0 Å². The van der Waals surface area contributed by atoms with E-state index >= 15 is 0 Å². The Hall–Kier alpha value is -1.75. The molecule has 0 radical (unpaired) electrons. The molecule has 0 bridgehead atoms. The molecule has 96 valence electrons. The maximum atomic E-state index is 13.3. The molecule has 1 N–H and O–H groups in total. The quantitative estimate of drug-likeness (QED) is 0.817. The topological polar surface area (TPSA) is 32.3 Å². The first-order valence-corrected chi connectivity index (χ1v) is 5.85. The third kappa shape index (κ3) is 2.92. The second-order valence-electron chi connectivity index (χ2n) is 4.07. The predicted molar refractivity (Wildman–Crippen MR) is 64.3 cm³/mol. The lowest BCUT2D eigenvalue weighted by atomic mass is 10.2. The minimum Gasteiger partial charge on any atom is -0.274 e. The van der Waals surface area contributed by atoms with Crippen LogP contribution in [0.25, 0.3) is 6.08 Å². The number of halogens is 2. The van der Waals surface area contributed by atoms with Gasteiger partial charge in [0.05, 0.1) is 0 Å². The molecule has 0 unspecified atom stereocenters. The highest BCUT2D eigenvalue weighted by molar-refractivity contribution is 5.91. The molecule has 0 atom stereocenters. The van der Waals surface area contributed by atoms with Crippen LogP contribution < -0.4 is 5.43 Å². The van der Waals surface area contributed by atoms with Gasteiger partial charge in [0.15, 0.2) is 0 Å². The van der Waals surface area contributed by atoms with E-state index in [1.807, 2.05) is 0 Å². The number of amides is 1. The van der Waals surface area contributed by atoms with Crippen LogP contribution >= 0.6 is 0 Å². The van der Waals surface area contributed by atoms with Gasteiger partial charge in [-0.1, -0.05) is 6.07 Å². The lowest BCUT2D eigenvalue weighted by molar-refractivity contribution is -0.130. The number of carbonyl (C=O) groups is 1. The molecule has 1 aliphatic rings. The van der Waals surface area contributed by atoms with E-state index in [0.29, 0.717) is 6.54 Å². The minimum absolute atomic E-state index is 0.192. The molecule has 0 saturated carbocycles. The number of nitrogens with one attached hydrogen (secondary N) is 1. The van der Waals surface area contributed by atoms with Gasteiger partial charge in [-0.2, -0.15) is 0 Å². The Labute approximate surface area is 104 Å². The van der Waals surface area contributed by atoms with Crippen molar-refractivity contribution in [2.75, 3.05) is 13.1 Å². The third-order valence-corrected chi connectivity index (χ3v) is 2.77. The highest BCUT2D eigenvalue weighted by Gasteiger charge is 2.13. The largest absolute Gasteiger partial charge is 0.274 e. The van der Waals surface area contributed by atoms with Crippen LogP contribution in [-0.4, -0.2) is 24.0 Å². The van der Waals surface area contributed by atoms with Gasteiger partial charge < -0.3 is 0 Å². The van der Waals surface area contributed by atoms with Gasteiger partial charge in [-0.25, -0.2) is 14.2 Å². The molecule has 0 spiro atoms. The van der Waals surface area contributed by atoms with Gasteiger partial charge >= 0.3 is 0 Å². The van der Waals surface area contributed by atoms with Gasteiger partial charge in [0.1, 0.15) is 11.6 Å². The number of carbonyl (C=O) groups excluding carboxylic acids is 1. The number of benzene rings is 1. The first-order chi connectivity index (χ1) is 8.68. The molecule has 1 aromatic rings. The second-order valence-corrected chi connectivity index (χ2v) is 4.07. The van der Waals surface area contributed by atoms with Crippen molar-refractivity contribution in [2.24, 2.45) is 0 Å². The molecular weight excluding hydrogens is 238 g/mol. The van der Waals surface area contributed by atoms with Crippen LogP contribution in [-0.2, 0) is 4.79 Å². The molecule has 5 heteroatoms. The Bertz CT molecular complexity index is 448. The van der Waals surface area contributed by atoms with Crippen molar-refractivity contribution in [3.05, 3.63) is 41.5 Å². The molecule has 3 nitrogen and oxygen atoms in total. The summed E-state index contributed by atoms with van der Waals surface area (Å²) in [4.78, 5) is 11.7. The summed E-state index contributed by atoms with van der Waals surface area (Å²) >= 11 is 0. The Balaban J connectivity index is 2.08.